The molecule has 1 aromatic rings. The van der Waals surface area contributed by atoms with Gasteiger partial charge in [0.15, 0.2) is 0 Å². The van der Waals surface area contributed by atoms with Gasteiger partial charge in [-0.25, -0.2) is 0 Å². The van der Waals surface area contributed by atoms with Gasteiger partial charge in [-0.1, -0.05) is 23.7 Å². The summed E-state index contributed by atoms with van der Waals surface area (Å²) in [4.78, 5) is 13.3. The highest BCUT2D eigenvalue weighted by Gasteiger charge is 2.27. The molecule has 4 rings (SSSR count). The van der Waals surface area contributed by atoms with Crippen molar-refractivity contribution >= 4 is 11.4 Å². The lowest BCUT2D eigenvalue weighted by Gasteiger charge is -2.37. The van der Waals surface area contributed by atoms with Gasteiger partial charge in [0.05, 0.1) is 17.5 Å². The van der Waals surface area contributed by atoms with Crippen LogP contribution in [0.3, 0.4) is 0 Å². The first kappa shape index (κ1) is 20.5. The van der Waals surface area contributed by atoms with Crippen LogP contribution in [0.4, 0.5) is 5.69 Å². The van der Waals surface area contributed by atoms with Crippen LogP contribution in [0, 0.1) is 0 Å². The number of anilines is 1. The molecule has 0 spiro atoms. The van der Waals surface area contributed by atoms with Crippen molar-refractivity contribution in [2.45, 2.75) is 51.7 Å². The van der Waals surface area contributed by atoms with E-state index in [4.69, 9.17) is 9.57 Å². The quantitative estimate of drug-likeness (QED) is 0.703. The number of rotatable bonds is 7. The van der Waals surface area contributed by atoms with E-state index in [-0.39, 0.29) is 12.2 Å². The number of oxime groups is 1. The molecule has 0 radical (unpaired) electrons. The molecule has 0 amide bonds. The lowest BCUT2D eigenvalue weighted by molar-refractivity contribution is 0.0509. The highest BCUT2D eigenvalue weighted by Crippen LogP contribution is 2.29. The maximum atomic E-state index is 6.01. The molecule has 2 saturated heterocycles. The first-order valence-corrected chi connectivity index (χ1v) is 11.3. The molecule has 0 saturated carbocycles. The number of ether oxygens (including phenoxy) is 1. The minimum atomic E-state index is 0.191. The van der Waals surface area contributed by atoms with Crippen LogP contribution < -0.4 is 9.64 Å². The van der Waals surface area contributed by atoms with Gasteiger partial charge in [-0.2, -0.15) is 0 Å². The predicted molar refractivity (Wildman–Crippen MR) is 118 cm³/mol. The average Bonchev–Trinajstić information content (AvgIpc) is 3.16. The highest BCUT2D eigenvalue weighted by molar-refractivity contribution is 5.87. The Morgan fingerprint density at radius 1 is 1.00 bits per heavy atom. The van der Waals surface area contributed by atoms with E-state index >= 15 is 0 Å². The summed E-state index contributed by atoms with van der Waals surface area (Å²) >= 11 is 0. The Bertz CT molecular complexity index is 679. The fraction of sp³-hybridized carbons (Fsp3) is 0.696. The average molecular weight is 401 g/mol. The molecule has 1 unspecified atom stereocenters. The van der Waals surface area contributed by atoms with Crippen molar-refractivity contribution in [3.05, 3.63) is 24.3 Å². The molecule has 3 aliphatic heterocycles. The Morgan fingerprint density at radius 2 is 1.76 bits per heavy atom. The van der Waals surface area contributed by atoms with Crippen molar-refractivity contribution in [2.24, 2.45) is 5.16 Å². The molecular weight excluding hydrogens is 364 g/mol. The predicted octanol–water partition coefficient (Wildman–Crippen LogP) is 3.23. The number of nitrogens with zero attached hydrogens (tertiary/aromatic N) is 4. The summed E-state index contributed by atoms with van der Waals surface area (Å²) in [6.07, 6.45) is 5.43. The largest absolute Gasteiger partial charge is 0.489 e. The van der Waals surface area contributed by atoms with Crippen LogP contribution in [0.1, 0.15) is 39.5 Å². The monoisotopic (exact) mass is 400 g/mol. The second-order valence-corrected chi connectivity index (χ2v) is 8.85. The maximum Gasteiger partial charge on any atom is 0.145 e. The summed E-state index contributed by atoms with van der Waals surface area (Å²) in [7, 11) is 0. The summed E-state index contributed by atoms with van der Waals surface area (Å²) in [5, 5.41) is 4.40. The molecule has 0 bridgehead atoms. The normalized spacial score (nSPS) is 23.9. The molecule has 3 aliphatic rings. The van der Waals surface area contributed by atoms with Crippen molar-refractivity contribution in [2.75, 3.05) is 57.3 Å². The van der Waals surface area contributed by atoms with Gasteiger partial charge in [0.1, 0.15) is 11.9 Å². The summed E-state index contributed by atoms with van der Waals surface area (Å²) in [5.41, 5.74) is 2.44. The van der Waals surface area contributed by atoms with Gasteiger partial charge >= 0.3 is 0 Å². The molecule has 2 fully saturated rings. The van der Waals surface area contributed by atoms with Gasteiger partial charge in [-0.15, -0.1) is 0 Å². The first-order chi connectivity index (χ1) is 14.2. The summed E-state index contributed by atoms with van der Waals surface area (Å²) in [5.74, 6) is 0.992. The van der Waals surface area contributed by atoms with Crippen LogP contribution in [0.5, 0.6) is 5.75 Å². The van der Waals surface area contributed by atoms with E-state index in [1.165, 1.54) is 43.8 Å². The molecule has 3 heterocycles. The number of hydrogen-bond acceptors (Lipinski definition) is 6. The Labute approximate surface area is 175 Å². The number of likely N-dealkylation sites (tertiary alicyclic amines) is 1. The van der Waals surface area contributed by atoms with Crippen molar-refractivity contribution in [1.29, 1.82) is 0 Å². The second-order valence-electron chi connectivity index (χ2n) is 8.85. The molecule has 29 heavy (non-hydrogen) atoms. The molecule has 1 atom stereocenters. The van der Waals surface area contributed by atoms with Crippen LogP contribution >= 0.6 is 0 Å². The molecule has 160 valence electrons. The lowest BCUT2D eigenvalue weighted by atomic mass is 10.1. The zero-order valence-corrected chi connectivity index (χ0v) is 18.1. The summed E-state index contributed by atoms with van der Waals surface area (Å²) < 4.78 is 6.01. The Balaban J connectivity index is 1.22. The number of hydrogen-bond donors (Lipinski definition) is 0. The van der Waals surface area contributed by atoms with E-state index in [2.05, 4.69) is 58.0 Å². The van der Waals surface area contributed by atoms with Gasteiger partial charge < -0.3 is 14.5 Å². The van der Waals surface area contributed by atoms with Crippen LogP contribution in [-0.4, -0.2) is 80.1 Å². The minimum Gasteiger partial charge on any atom is -0.489 e. The fourth-order valence-electron chi connectivity index (χ4n) is 4.58. The van der Waals surface area contributed by atoms with E-state index in [0.717, 1.165) is 51.4 Å². The van der Waals surface area contributed by atoms with Crippen LogP contribution in [0.2, 0.25) is 0 Å². The van der Waals surface area contributed by atoms with Crippen LogP contribution in [-0.2, 0) is 4.84 Å². The first-order valence-electron chi connectivity index (χ1n) is 11.3. The molecule has 0 aliphatic carbocycles. The van der Waals surface area contributed by atoms with E-state index in [1.807, 2.05) is 0 Å². The molecule has 6 heteroatoms. The van der Waals surface area contributed by atoms with Gasteiger partial charge in [-0.3, -0.25) is 9.80 Å². The van der Waals surface area contributed by atoms with Crippen molar-refractivity contribution in [3.8, 4) is 5.75 Å². The number of para-hydroxylation sites is 2. The Hall–Kier alpha value is -1.79. The van der Waals surface area contributed by atoms with Gasteiger partial charge in [0.25, 0.3) is 0 Å². The molecule has 0 N–H and O–H groups in total. The van der Waals surface area contributed by atoms with Gasteiger partial charge in [-0.05, 0) is 51.9 Å². The number of piperazine rings is 1. The standard InChI is InChI=1S/C23H36N4O2/c1-19(2)28-23-9-5-4-8-22(23)27-14-12-26(13-15-27)18-21-16-20(24-29-21)17-25-10-6-3-7-11-25/h4-5,8-9,19,21H,3,6-7,10-18H2,1-2H3. The van der Waals surface area contributed by atoms with Crippen molar-refractivity contribution in [1.82, 2.24) is 9.80 Å². The van der Waals surface area contributed by atoms with Gasteiger partial charge in [0, 0.05) is 45.7 Å². The number of piperidine rings is 1. The van der Waals surface area contributed by atoms with Crippen molar-refractivity contribution in [3.63, 3.8) is 0 Å². The third kappa shape index (κ3) is 5.64. The van der Waals surface area contributed by atoms with Crippen LogP contribution in [0.25, 0.3) is 0 Å². The third-order valence-electron chi connectivity index (χ3n) is 6.05. The molecular formula is C23H36N4O2. The smallest absolute Gasteiger partial charge is 0.145 e. The SMILES string of the molecule is CC(C)Oc1ccccc1N1CCN(CC2CC(CN3CCCCC3)=NO2)CC1. The van der Waals surface area contributed by atoms with Crippen molar-refractivity contribution < 1.29 is 9.57 Å². The van der Waals surface area contributed by atoms with E-state index in [9.17, 15) is 0 Å². The summed E-state index contributed by atoms with van der Waals surface area (Å²) in [6.45, 7) is 12.7. The van der Waals surface area contributed by atoms with E-state index < -0.39 is 0 Å². The number of benzene rings is 1. The van der Waals surface area contributed by atoms with E-state index in [0.29, 0.717) is 0 Å². The molecule has 1 aromatic carbocycles. The van der Waals surface area contributed by atoms with Gasteiger partial charge in [0.2, 0.25) is 0 Å². The lowest BCUT2D eigenvalue weighted by Crippen LogP contribution is -2.48. The van der Waals surface area contributed by atoms with E-state index in [1.54, 1.807) is 0 Å². The summed E-state index contributed by atoms with van der Waals surface area (Å²) in [6, 6.07) is 8.41. The topological polar surface area (TPSA) is 40.5 Å². The third-order valence-corrected chi connectivity index (χ3v) is 6.05. The Morgan fingerprint density at radius 3 is 2.52 bits per heavy atom. The zero-order valence-electron chi connectivity index (χ0n) is 18.1. The Kier molecular flexibility index (Phi) is 6.93. The molecule has 0 aromatic heterocycles. The zero-order chi connectivity index (χ0) is 20.1. The van der Waals surface area contributed by atoms with Crippen LogP contribution in [0.15, 0.2) is 29.4 Å². The minimum absolute atomic E-state index is 0.191. The molecule has 6 nitrogen and oxygen atoms in total. The highest BCUT2D eigenvalue weighted by atomic mass is 16.6. The maximum absolute atomic E-state index is 6.01. The fourth-order valence-corrected chi connectivity index (χ4v) is 4.58. The second kappa shape index (κ2) is 9.81.